The van der Waals surface area contributed by atoms with Gasteiger partial charge < -0.3 is 19.5 Å². The number of benzene rings is 1. The molecule has 7 heteroatoms. The molecule has 2 aliphatic rings. The van der Waals surface area contributed by atoms with E-state index in [0.717, 1.165) is 46.9 Å². The Kier molecular flexibility index (Phi) is 6.53. The van der Waals surface area contributed by atoms with Crippen LogP contribution in [0.2, 0.25) is 0 Å². The largest absolute Gasteiger partial charge is 0.453 e. The number of carbonyl (C=O) groups is 2. The maximum Gasteiger partial charge on any atom is 0.409 e. The van der Waals surface area contributed by atoms with Gasteiger partial charge in [-0.05, 0) is 56.2 Å². The molecule has 2 aromatic rings. The molecule has 0 spiro atoms. The number of methoxy groups -OCH3 is 1. The second kappa shape index (κ2) is 9.35. The van der Waals surface area contributed by atoms with Gasteiger partial charge in [0.2, 0.25) is 0 Å². The minimum absolute atomic E-state index is 0.0847. The zero-order valence-electron chi connectivity index (χ0n) is 19.7. The van der Waals surface area contributed by atoms with Crippen LogP contribution in [0.4, 0.5) is 4.79 Å². The lowest BCUT2D eigenvalue weighted by Gasteiger charge is -2.29. The maximum absolute atomic E-state index is 13.3. The summed E-state index contributed by atoms with van der Waals surface area (Å²) in [6, 6.07) is 4.25. The third-order valence-electron chi connectivity index (χ3n) is 6.85. The van der Waals surface area contributed by atoms with E-state index in [2.05, 4.69) is 18.0 Å². The number of aryl methyl sites for hydroxylation is 1. The van der Waals surface area contributed by atoms with Crippen molar-refractivity contribution in [3.05, 3.63) is 40.2 Å². The summed E-state index contributed by atoms with van der Waals surface area (Å²) in [5.41, 5.74) is 6.03. The molecule has 2 heterocycles. The van der Waals surface area contributed by atoms with Gasteiger partial charge in [0, 0.05) is 37.2 Å². The molecule has 4 rings (SSSR count). The summed E-state index contributed by atoms with van der Waals surface area (Å²) in [7, 11) is 1.41. The van der Waals surface area contributed by atoms with Crippen molar-refractivity contribution in [3.8, 4) is 11.4 Å². The molecule has 0 saturated heterocycles. The Labute approximate surface area is 190 Å². The normalized spacial score (nSPS) is 15.8. The average Bonchev–Trinajstić information content (AvgIpc) is 3.18. The van der Waals surface area contributed by atoms with Crippen LogP contribution in [-0.4, -0.2) is 58.5 Å². The first kappa shape index (κ1) is 22.4. The number of carbonyl (C=O) groups excluding carboxylic acids is 2. The summed E-state index contributed by atoms with van der Waals surface area (Å²) >= 11 is 0. The van der Waals surface area contributed by atoms with Crippen molar-refractivity contribution < 1.29 is 14.3 Å². The number of nitrogens with zero attached hydrogens (tertiary/aromatic N) is 3. The molecule has 0 radical (unpaired) electrons. The third-order valence-corrected chi connectivity index (χ3v) is 6.85. The van der Waals surface area contributed by atoms with Gasteiger partial charge in [-0.25, -0.2) is 9.78 Å². The smallest absolute Gasteiger partial charge is 0.409 e. The molecule has 1 aromatic carbocycles. The minimum atomic E-state index is -0.319. The first-order valence-electron chi connectivity index (χ1n) is 11.8. The van der Waals surface area contributed by atoms with E-state index in [1.807, 2.05) is 24.8 Å². The molecule has 1 fully saturated rings. The van der Waals surface area contributed by atoms with Gasteiger partial charge in [-0.15, -0.1) is 0 Å². The van der Waals surface area contributed by atoms with Gasteiger partial charge >= 0.3 is 6.09 Å². The fraction of sp³-hybridized carbons (Fsp3) is 0.560. The Morgan fingerprint density at radius 3 is 2.69 bits per heavy atom. The van der Waals surface area contributed by atoms with Crippen LogP contribution in [0.3, 0.4) is 0 Å². The van der Waals surface area contributed by atoms with Crippen molar-refractivity contribution in [2.75, 3.05) is 26.7 Å². The van der Waals surface area contributed by atoms with Crippen LogP contribution in [0.25, 0.3) is 11.4 Å². The van der Waals surface area contributed by atoms with Crippen molar-refractivity contribution in [1.29, 1.82) is 0 Å². The maximum atomic E-state index is 13.3. The number of amides is 2. The van der Waals surface area contributed by atoms with Crippen LogP contribution in [-0.2, 0) is 17.7 Å². The number of H-pyrrole nitrogens is 1. The van der Waals surface area contributed by atoms with E-state index >= 15 is 0 Å². The molecule has 0 bridgehead atoms. The highest BCUT2D eigenvalue weighted by molar-refractivity contribution is 5.97. The molecule has 1 N–H and O–H groups in total. The zero-order chi connectivity index (χ0) is 22.8. The molecule has 1 saturated carbocycles. The second-order valence-electron chi connectivity index (χ2n) is 8.92. The molecule has 1 aliphatic carbocycles. The van der Waals surface area contributed by atoms with Crippen molar-refractivity contribution in [1.82, 2.24) is 19.8 Å². The summed E-state index contributed by atoms with van der Waals surface area (Å²) in [6.07, 6.45) is 4.90. The molecule has 0 unspecified atom stereocenters. The molecule has 7 nitrogen and oxygen atoms in total. The van der Waals surface area contributed by atoms with Crippen molar-refractivity contribution >= 4 is 12.0 Å². The zero-order valence-corrected chi connectivity index (χ0v) is 19.7. The summed E-state index contributed by atoms with van der Waals surface area (Å²) < 4.78 is 4.89. The van der Waals surface area contributed by atoms with E-state index in [-0.39, 0.29) is 12.0 Å². The first-order chi connectivity index (χ1) is 15.5. The molecule has 172 valence electrons. The lowest BCUT2D eigenvalue weighted by atomic mass is 9.77. The number of hydrogen-bond donors (Lipinski definition) is 1. The van der Waals surface area contributed by atoms with Gasteiger partial charge in [-0.1, -0.05) is 19.4 Å². The lowest BCUT2D eigenvalue weighted by Crippen LogP contribution is -2.35. The standard InChI is InChI=1S/C25H34N4O3/c1-5-11-28(6-2)24(30)18-14-20(19(13-16(18)3)17-8-7-9-17)23-26-21-10-12-29(25(31)32-4)15-22(21)27-23/h13-14,17H,5-12,15H2,1-4H3,(H,26,27). The number of aromatic nitrogens is 2. The van der Waals surface area contributed by atoms with Gasteiger partial charge in [0.1, 0.15) is 5.82 Å². The van der Waals surface area contributed by atoms with Crippen molar-refractivity contribution in [2.45, 2.75) is 65.3 Å². The number of rotatable bonds is 6. The quantitative estimate of drug-likeness (QED) is 0.712. The Hall–Kier alpha value is -2.83. The average molecular weight is 439 g/mol. The summed E-state index contributed by atoms with van der Waals surface area (Å²) in [6.45, 7) is 8.68. The van der Waals surface area contributed by atoms with Gasteiger partial charge in [0.15, 0.2) is 0 Å². The summed E-state index contributed by atoms with van der Waals surface area (Å²) in [5.74, 6) is 1.40. The number of hydrogen-bond acceptors (Lipinski definition) is 4. The van der Waals surface area contributed by atoms with Crippen LogP contribution in [0, 0.1) is 6.92 Å². The predicted molar refractivity (Wildman–Crippen MR) is 124 cm³/mol. The van der Waals surface area contributed by atoms with Crippen LogP contribution in [0.5, 0.6) is 0 Å². The molecular weight excluding hydrogens is 404 g/mol. The Morgan fingerprint density at radius 1 is 1.28 bits per heavy atom. The van der Waals surface area contributed by atoms with Crippen LogP contribution in [0.1, 0.15) is 78.3 Å². The minimum Gasteiger partial charge on any atom is -0.453 e. The van der Waals surface area contributed by atoms with Crippen molar-refractivity contribution in [3.63, 3.8) is 0 Å². The third kappa shape index (κ3) is 4.12. The highest BCUT2D eigenvalue weighted by Crippen LogP contribution is 2.42. The number of nitrogens with one attached hydrogen (secondary N) is 1. The van der Waals surface area contributed by atoms with E-state index < -0.39 is 0 Å². The summed E-state index contributed by atoms with van der Waals surface area (Å²) in [4.78, 5) is 37.3. The van der Waals surface area contributed by atoms with Crippen LogP contribution >= 0.6 is 0 Å². The van der Waals surface area contributed by atoms with E-state index in [9.17, 15) is 9.59 Å². The second-order valence-corrected chi connectivity index (χ2v) is 8.92. The number of ether oxygens (including phenoxy) is 1. The fourth-order valence-electron chi connectivity index (χ4n) is 4.77. The van der Waals surface area contributed by atoms with Gasteiger partial charge in [0.25, 0.3) is 5.91 Å². The van der Waals surface area contributed by atoms with Gasteiger partial charge in [0.05, 0.1) is 25.0 Å². The highest BCUT2D eigenvalue weighted by Gasteiger charge is 2.29. The number of fused-ring (bicyclic) bond motifs is 1. The van der Waals surface area contributed by atoms with E-state index in [0.29, 0.717) is 32.0 Å². The van der Waals surface area contributed by atoms with E-state index in [4.69, 9.17) is 9.72 Å². The predicted octanol–water partition coefficient (Wildman–Crippen LogP) is 4.65. The van der Waals surface area contributed by atoms with E-state index in [1.54, 1.807) is 4.90 Å². The Balaban J connectivity index is 1.74. The molecule has 2 amide bonds. The van der Waals surface area contributed by atoms with Crippen LogP contribution < -0.4 is 0 Å². The molecule has 1 aliphatic heterocycles. The van der Waals surface area contributed by atoms with Gasteiger partial charge in [-0.2, -0.15) is 0 Å². The van der Waals surface area contributed by atoms with E-state index in [1.165, 1.54) is 31.9 Å². The number of imidazole rings is 1. The Bertz CT molecular complexity index is 1010. The summed E-state index contributed by atoms with van der Waals surface area (Å²) in [5, 5.41) is 0. The fourth-order valence-corrected chi connectivity index (χ4v) is 4.77. The molecular formula is C25H34N4O3. The SMILES string of the molecule is CCCN(CC)C(=O)c1cc(-c2nc3c([nH]2)CN(C(=O)OC)CC3)c(C2CCC2)cc1C. The first-order valence-corrected chi connectivity index (χ1v) is 11.8. The topological polar surface area (TPSA) is 78.5 Å². The highest BCUT2D eigenvalue weighted by atomic mass is 16.5. The molecule has 1 aromatic heterocycles. The Morgan fingerprint density at radius 2 is 2.06 bits per heavy atom. The lowest BCUT2D eigenvalue weighted by molar-refractivity contribution is 0.0763. The van der Waals surface area contributed by atoms with Crippen LogP contribution in [0.15, 0.2) is 12.1 Å². The monoisotopic (exact) mass is 438 g/mol. The van der Waals surface area contributed by atoms with Gasteiger partial charge in [-0.3, -0.25) is 4.79 Å². The van der Waals surface area contributed by atoms with Crippen molar-refractivity contribution in [2.24, 2.45) is 0 Å². The molecule has 0 atom stereocenters. The molecule has 32 heavy (non-hydrogen) atoms. The number of aromatic amines is 1.